The fraction of sp³-hybridized carbons (Fsp3) is 0.250. The van der Waals surface area contributed by atoms with Crippen LogP contribution in [-0.2, 0) is 9.59 Å². The smallest absolute Gasteiger partial charge is 0.314 e. The minimum atomic E-state index is -0.747. The zero-order chi connectivity index (χ0) is 19.8. The largest absolute Gasteiger partial charge is 0.372 e. The highest BCUT2D eigenvalue weighted by atomic mass is 32.2. The van der Waals surface area contributed by atoms with Gasteiger partial charge in [0, 0.05) is 35.0 Å². The van der Waals surface area contributed by atoms with Crippen LogP contribution in [0.3, 0.4) is 0 Å². The van der Waals surface area contributed by atoms with E-state index in [1.165, 1.54) is 0 Å². The Kier molecular flexibility index (Phi) is 7.26. The van der Waals surface area contributed by atoms with Crippen molar-refractivity contribution >= 4 is 40.6 Å². The van der Waals surface area contributed by atoms with Crippen LogP contribution in [0.2, 0.25) is 0 Å². The molecule has 0 bridgehead atoms. The number of rotatable bonds is 6. The van der Waals surface area contributed by atoms with E-state index < -0.39 is 11.8 Å². The zero-order valence-corrected chi connectivity index (χ0v) is 16.4. The van der Waals surface area contributed by atoms with Crippen LogP contribution in [0.25, 0.3) is 0 Å². The average Bonchev–Trinajstić information content (AvgIpc) is 2.66. The van der Waals surface area contributed by atoms with Crippen LogP contribution in [0.5, 0.6) is 0 Å². The normalized spacial score (nSPS) is 10.0. The van der Waals surface area contributed by atoms with E-state index >= 15 is 0 Å². The lowest BCUT2D eigenvalue weighted by Gasteiger charge is -2.22. The number of anilines is 3. The Morgan fingerprint density at radius 1 is 1.04 bits per heavy atom. The number of benzene rings is 2. The third-order valence-electron chi connectivity index (χ3n) is 4.07. The Morgan fingerprint density at radius 2 is 1.67 bits per heavy atom. The van der Waals surface area contributed by atoms with Crippen molar-refractivity contribution in [3.05, 3.63) is 48.0 Å². The third-order valence-corrected chi connectivity index (χ3v) is 4.67. The Labute approximate surface area is 163 Å². The fourth-order valence-corrected chi connectivity index (χ4v) is 2.98. The van der Waals surface area contributed by atoms with Gasteiger partial charge < -0.3 is 15.5 Å². The first-order valence-corrected chi connectivity index (χ1v) is 9.44. The van der Waals surface area contributed by atoms with Crippen LogP contribution >= 0.6 is 11.8 Å². The van der Waals surface area contributed by atoms with Gasteiger partial charge in [-0.1, -0.05) is 0 Å². The maximum Gasteiger partial charge on any atom is 0.314 e. The van der Waals surface area contributed by atoms with Crippen molar-refractivity contribution in [3.8, 4) is 5.40 Å². The molecule has 0 aliphatic carbocycles. The summed E-state index contributed by atoms with van der Waals surface area (Å²) < 4.78 is 0. The lowest BCUT2D eigenvalue weighted by molar-refractivity contribution is -0.133. The average molecular weight is 382 g/mol. The van der Waals surface area contributed by atoms with Gasteiger partial charge in [-0.3, -0.25) is 9.59 Å². The van der Waals surface area contributed by atoms with E-state index in [0.717, 1.165) is 41.0 Å². The topological polar surface area (TPSA) is 85.2 Å². The molecule has 2 amide bonds. The first-order chi connectivity index (χ1) is 13.0. The number of aryl methyl sites for hydroxylation is 1. The zero-order valence-electron chi connectivity index (χ0n) is 15.6. The molecule has 140 valence electrons. The van der Waals surface area contributed by atoms with E-state index in [4.69, 9.17) is 5.26 Å². The molecule has 0 aromatic heterocycles. The Morgan fingerprint density at radius 3 is 2.22 bits per heavy atom. The molecule has 0 unspecified atom stereocenters. The summed E-state index contributed by atoms with van der Waals surface area (Å²) >= 11 is 1.03. The number of thiocyanates is 1. The number of nitrogens with one attached hydrogen (secondary N) is 2. The van der Waals surface area contributed by atoms with Crippen LogP contribution < -0.4 is 15.5 Å². The molecular weight excluding hydrogens is 360 g/mol. The molecule has 27 heavy (non-hydrogen) atoms. The number of nitrogens with zero attached hydrogens (tertiary/aromatic N) is 2. The number of nitriles is 1. The molecule has 0 atom stereocenters. The second kappa shape index (κ2) is 9.64. The summed E-state index contributed by atoms with van der Waals surface area (Å²) in [5.74, 6) is -1.48. The SMILES string of the molecule is CCN(CC)c1ccc(NC(=O)C(=O)Nc2ccc(SC#N)cc2)c(C)c1. The molecule has 0 saturated carbocycles. The van der Waals surface area contributed by atoms with Gasteiger partial charge in [0.1, 0.15) is 5.40 Å². The Balaban J connectivity index is 2.01. The molecule has 2 aromatic rings. The minimum absolute atomic E-state index is 0.492. The molecule has 2 rings (SSSR count). The number of carbonyl (C=O) groups excluding carboxylic acids is 2. The van der Waals surface area contributed by atoms with Gasteiger partial charge in [0.15, 0.2) is 0 Å². The van der Waals surface area contributed by atoms with E-state index in [9.17, 15) is 9.59 Å². The van der Waals surface area contributed by atoms with Crippen molar-refractivity contribution in [2.45, 2.75) is 25.7 Å². The van der Waals surface area contributed by atoms with Crippen molar-refractivity contribution in [2.75, 3.05) is 28.6 Å². The highest BCUT2D eigenvalue weighted by molar-refractivity contribution is 8.03. The number of carbonyl (C=O) groups is 2. The number of hydrogen-bond acceptors (Lipinski definition) is 5. The molecule has 0 spiro atoms. The van der Waals surface area contributed by atoms with E-state index in [1.54, 1.807) is 24.3 Å². The summed E-state index contributed by atoms with van der Waals surface area (Å²) in [6.07, 6.45) is 0. The van der Waals surface area contributed by atoms with E-state index in [0.29, 0.717) is 11.4 Å². The molecule has 0 radical (unpaired) electrons. The van der Waals surface area contributed by atoms with Crippen molar-refractivity contribution in [1.82, 2.24) is 0 Å². The van der Waals surface area contributed by atoms with Gasteiger partial charge in [-0.25, -0.2) is 0 Å². The van der Waals surface area contributed by atoms with Gasteiger partial charge in [-0.15, -0.1) is 0 Å². The van der Waals surface area contributed by atoms with Crippen LogP contribution in [0.1, 0.15) is 19.4 Å². The minimum Gasteiger partial charge on any atom is -0.372 e. The second-order valence-electron chi connectivity index (χ2n) is 5.80. The van der Waals surface area contributed by atoms with Crippen molar-refractivity contribution in [3.63, 3.8) is 0 Å². The lowest BCUT2D eigenvalue weighted by atomic mass is 10.1. The predicted octanol–water partition coefficient (Wildman–Crippen LogP) is 3.99. The van der Waals surface area contributed by atoms with E-state index in [1.807, 2.05) is 30.5 Å². The lowest BCUT2D eigenvalue weighted by Crippen LogP contribution is -2.29. The second-order valence-corrected chi connectivity index (χ2v) is 6.66. The number of hydrogen-bond donors (Lipinski definition) is 2. The highest BCUT2D eigenvalue weighted by Crippen LogP contribution is 2.23. The van der Waals surface area contributed by atoms with E-state index in [2.05, 4.69) is 29.4 Å². The third kappa shape index (κ3) is 5.50. The van der Waals surface area contributed by atoms with Crippen LogP contribution in [-0.4, -0.2) is 24.9 Å². The van der Waals surface area contributed by atoms with Crippen molar-refractivity contribution in [1.29, 1.82) is 5.26 Å². The summed E-state index contributed by atoms with van der Waals surface area (Å²) in [5, 5.41) is 15.8. The molecule has 0 aliphatic rings. The van der Waals surface area contributed by atoms with Gasteiger partial charge in [0.2, 0.25) is 0 Å². The maximum atomic E-state index is 12.2. The van der Waals surface area contributed by atoms with Gasteiger partial charge in [0.05, 0.1) is 0 Å². The first-order valence-electron chi connectivity index (χ1n) is 8.62. The van der Waals surface area contributed by atoms with Gasteiger partial charge >= 0.3 is 11.8 Å². The Bertz CT molecular complexity index is 855. The molecule has 6 nitrogen and oxygen atoms in total. The summed E-state index contributed by atoms with van der Waals surface area (Å²) in [7, 11) is 0. The number of thioether (sulfide) groups is 1. The first kappa shape index (κ1) is 20.3. The van der Waals surface area contributed by atoms with Crippen LogP contribution in [0.4, 0.5) is 17.1 Å². The monoisotopic (exact) mass is 382 g/mol. The molecule has 0 fully saturated rings. The van der Waals surface area contributed by atoms with Gasteiger partial charge in [0.25, 0.3) is 0 Å². The van der Waals surface area contributed by atoms with E-state index in [-0.39, 0.29) is 0 Å². The van der Waals surface area contributed by atoms with Crippen LogP contribution in [0, 0.1) is 17.6 Å². The van der Waals surface area contributed by atoms with Crippen molar-refractivity contribution in [2.24, 2.45) is 0 Å². The summed E-state index contributed by atoms with van der Waals surface area (Å²) in [5.41, 5.74) is 3.06. The molecule has 0 heterocycles. The highest BCUT2D eigenvalue weighted by Gasteiger charge is 2.15. The summed E-state index contributed by atoms with van der Waals surface area (Å²) in [4.78, 5) is 27.3. The molecule has 0 saturated heterocycles. The summed E-state index contributed by atoms with van der Waals surface area (Å²) in [6.45, 7) is 7.87. The number of amides is 2. The van der Waals surface area contributed by atoms with Crippen LogP contribution in [0.15, 0.2) is 47.4 Å². The standard InChI is InChI=1S/C20H22N4O2S/c1-4-24(5-2)16-8-11-18(14(3)12-16)23-20(26)19(25)22-15-6-9-17(10-7-15)27-13-21/h6-12H,4-5H2,1-3H3,(H,22,25)(H,23,26). The van der Waals surface area contributed by atoms with Gasteiger partial charge in [-0.05, 0) is 80.6 Å². The summed E-state index contributed by atoms with van der Waals surface area (Å²) in [6, 6.07) is 12.4. The molecule has 2 N–H and O–H groups in total. The predicted molar refractivity (Wildman–Crippen MR) is 110 cm³/mol. The fourth-order valence-electron chi connectivity index (χ4n) is 2.60. The molecular formula is C20H22N4O2S. The molecule has 7 heteroatoms. The molecule has 0 aliphatic heterocycles. The van der Waals surface area contributed by atoms with Crippen molar-refractivity contribution < 1.29 is 9.59 Å². The quantitative estimate of drug-likeness (QED) is 0.448. The Hall–Kier alpha value is -2.98. The van der Waals surface area contributed by atoms with Gasteiger partial charge in [-0.2, -0.15) is 5.26 Å². The maximum absolute atomic E-state index is 12.2. The molecule has 2 aromatic carbocycles.